The number of nitrogens with one attached hydrogen (secondary N) is 1. The van der Waals surface area contributed by atoms with Crippen LogP contribution in [0, 0.1) is 10.1 Å². The largest absolute Gasteiger partial charge is 0.481 e. The molecule has 0 fully saturated rings. The number of carbonyl (C=O) groups excluding carboxylic acids is 1. The molecule has 2 aromatic rings. The number of aliphatic carboxylic acids is 1. The lowest BCUT2D eigenvalue weighted by Crippen LogP contribution is -2.24. The van der Waals surface area contributed by atoms with Crippen molar-refractivity contribution in [2.24, 2.45) is 5.10 Å². The Balaban J connectivity index is 1.91. The lowest BCUT2D eigenvalue weighted by molar-refractivity contribution is -0.385. The predicted molar refractivity (Wildman–Crippen MR) is 93.9 cm³/mol. The molecule has 27 heavy (non-hydrogen) atoms. The number of nitrogens with zero attached hydrogens (tertiary/aromatic N) is 2. The zero-order chi connectivity index (χ0) is 19.6. The molecule has 1 amide bonds. The second kappa shape index (κ2) is 9.51. The minimum atomic E-state index is -1.12. The number of hydrogen-bond donors (Lipinski definition) is 2. The smallest absolute Gasteiger partial charge is 0.341 e. The van der Waals surface area contributed by atoms with Gasteiger partial charge in [0.25, 0.3) is 5.91 Å². The molecule has 0 aliphatic heterocycles. The molecule has 0 unspecified atom stereocenters. The fraction of sp³-hybridized carbons (Fsp3) is 0.118. The lowest BCUT2D eigenvalue weighted by atomic mass is 10.2. The molecule has 0 heterocycles. The van der Waals surface area contributed by atoms with Crippen LogP contribution in [0.3, 0.4) is 0 Å². The first-order valence-corrected chi connectivity index (χ1v) is 7.59. The Morgan fingerprint density at radius 3 is 2.41 bits per heavy atom. The van der Waals surface area contributed by atoms with E-state index in [0.717, 1.165) is 0 Å². The molecule has 0 bridgehead atoms. The number of rotatable bonds is 9. The molecule has 2 rings (SSSR count). The molecule has 0 radical (unpaired) electrons. The molecule has 0 saturated heterocycles. The van der Waals surface area contributed by atoms with Gasteiger partial charge in [0.2, 0.25) is 0 Å². The van der Waals surface area contributed by atoms with Crippen LogP contribution in [-0.2, 0) is 9.59 Å². The topological polar surface area (TPSA) is 140 Å². The van der Waals surface area contributed by atoms with E-state index in [2.05, 4.69) is 10.5 Å². The van der Waals surface area contributed by atoms with Crippen molar-refractivity contribution >= 4 is 23.8 Å². The Morgan fingerprint density at radius 1 is 1.07 bits per heavy atom. The van der Waals surface area contributed by atoms with Crippen LogP contribution in [0.4, 0.5) is 5.69 Å². The number of benzene rings is 2. The highest BCUT2D eigenvalue weighted by atomic mass is 16.6. The summed E-state index contributed by atoms with van der Waals surface area (Å²) in [4.78, 5) is 32.6. The number of carboxylic acid groups (broad SMARTS) is 1. The van der Waals surface area contributed by atoms with Gasteiger partial charge in [-0.05, 0) is 18.2 Å². The fourth-order valence-electron chi connectivity index (χ4n) is 1.94. The third-order valence-corrected chi connectivity index (χ3v) is 3.08. The van der Waals surface area contributed by atoms with Crippen molar-refractivity contribution in [3.05, 3.63) is 64.2 Å². The van der Waals surface area contributed by atoms with Crippen molar-refractivity contribution in [3.8, 4) is 11.5 Å². The van der Waals surface area contributed by atoms with Gasteiger partial charge in [-0.2, -0.15) is 5.10 Å². The van der Waals surface area contributed by atoms with Gasteiger partial charge in [-0.3, -0.25) is 14.9 Å². The second-order valence-electron chi connectivity index (χ2n) is 5.03. The van der Waals surface area contributed by atoms with E-state index >= 15 is 0 Å². The zero-order valence-electron chi connectivity index (χ0n) is 13.9. The normalized spacial score (nSPS) is 10.4. The van der Waals surface area contributed by atoms with Gasteiger partial charge >= 0.3 is 11.7 Å². The summed E-state index contributed by atoms with van der Waals surface area (Å²) < 4.78 is 10.2. The van der Waals surface area contributed by atoms with Crippen molar-refractivity contribution in [3.63, 3.8) is 0 Å². The molecule has 0 spiro atoms. The van der Waals surface area contributed by atoms with Gasteiger partial charge in [-0.25, -0.2) is 10.2 Å². The fourth-order valence-corrected chi connectivity index (χ4v) is 1.94. The number of hydrogen-bond acceptors (Lipinski definition) is 7. The maximum Gasteiger partial charge on any atom is 0.341 e. The molecule has 0 aliphatic rings. The van der Waals surface area contributed by atoms with Crippen LogP contribution in [0.15, 0.2) is 53.6 Å². The van der Waals surface area contributed by atoms with Gasteiger partial charge in [0.1, 0.15) is 5.75 Å². The first kappa shape index (κ1) is 19.4. The van der Waals surface area contributed by atoms with Crippen LogP contribution in [0.25, 0.3) is 0 Å². The third kappa shape index (κ3) is 6.12. The number of carboxylic acids is 1. The number of amides is 1. The number of carbonyl (C=O) groups is 2. The molecule has 140 valence electrons. The molecule has 0 atom stereocenters. The van der Waals surface area contributed by atoms with Crippen LogP contribution >= 0.6 is 0 Å². The number of ether oxygens (including phenoxy) is 2. The summed E-state index contributed by atoms with van der Waals surface area (Å²) in [5.74, 6) is -1.50. The van der Waals surface area contributed by atoms with Crippen LogP contribution in [0.1, 0.15) is 5.56 Å². The standard InChI is InChI=1S/C17H15N3O7/c21-16(10-26-15-8-4-2-6-13(15)20(24)25)19-18-9-12-5-1-3-7-14(12)27-11-17(22)23/h1-9H,10-11H2,(H,19,21)(H,22,23). The van der Waals surface area contributed by atoms with Gasteiger partial charge in [0, 0.05) is 11.6 Å². The molecule has 2 aromatic carbocycles. The maximum atomic E-state index is 11.8. The van der Waals surface area contributed by atoms with Crippen LogP contribution in [-0.4, -0.2) is 41.3 Å². The van der Waals surface area contributed by atoms with Gasteiger partial charge in [-0.15, -0.1) is 0 Å². The van der Waals surface area contributed by atoms with Crippen molar-refractivity contribution in [2.45, 2.75) is 0 Å². The van der Waals surface area contributed by atoms with Gasteiger partial charge < -0.3 is 14.6 Å². The molecule has 10 heteroatoms. The summed E-state index contributed by atoms with van der Waals surface area (Å²) in [6.45, 7) is -0.986. The summed E-state index contributed by atoms with van der Waals surface area (Å²) in [6, 6.07) is 12.2. The first-order chi connectivity index (χ1) is 13.0. The van der Waals surface area contributed by atoms with E-state index in [4.69, 9.17) is 14.6 Å². The molecule has 10 nitrogen and oxygen atoms in total. The van der Waals surface area contributed by atoms with E-state index in [9.17, 15) is 19.7 Å². The van der Waals surface area contributed by atoms with E-state index in [1.165, 1.54) is 24.4 Å². The molecule has 0 saturated carbocycles. The Morgan fingerprint density at radius 2 is 1.70 bits per heavy atom. The van der Waals surface area contributed by atoms with E-state index in [-0.39, 0.29) is 17.2 Å². The summed E-state index contributed by atoms with van der Waals surface area (Å²) in [5.41, 5.74) is 2.41. The number of hydrazone groups is 1. The summed E-state index contributed by atoms with van der Waals surface area (Å²) >= 11 is 0. The quantitative estimate of drug-likeness (QED) is 0.386. The summed E-state index contributed by atoms with van der Waals surface area (Å²) in [7, 11) is 0. The average molecular weight is 373 g/mol. The average Bonchev–Trinajstić information content (AvgIpc) is 2.65. The SMILES string of the molecule is O=C(O)COc1ccccc1C=NNC(=O)COc1ccccc1[N+](=O)[O-]. The van der Waals surface area contributed by atoms with E-state index in [1.54, 1.807) is 30.3 Å². The minimum Gasteiger partial charge on any atom is -0.481 e. The first-order valence-electron chi connectivity index (χ1n) is 7.59. The monoisotopic (exact) mass is 373 g/mol. The van der Waals surface area contributed by atoms with Crippen LogP contribution in [0.5, 0.6) is 11.5 Å². The van der Waals surface area contributed by atoms with Crippen LogP contribution < -0.4 is 14.9 Å². The molecule has 0 aromatic heterocycles. The molecular formula is C17H15N3O7. The molecule has 2 N–H and O–H groups in total. The lowest BCUT2D eigenvalue weighted by Gasteiger charge is -2.07. The Labute approximate surface area is 153 Å². The molecular weight excluding hydrogens is 358 g/mol. The van der Waals surface area contributed by atoms with Crippen molar-refractivity contribution in [2.75, 3.05) is 13.2 Å². The maximum absolute atomic E-state index is 11.8. The highest BCUT2D eigenvalue weighted by Crippen LogP contribution is 2.25. The molecule has 0 aliphatic carbocycles. The van der Waals surface area contributed by atoms with Crippen molar-refractivity contribution < 1.29 is 29.1 Å². The summed E-state index contributed by atoms with van der Waals surface area (Å²) in [6.07, 6.45) is 1.28. The number of nitro groups is 1. The number of nitro benzene ring substituents is 1. The van der Waals surface area contributed by atoms with Gasteiger partial charge in [0.15, 0.2) is 19.0 Å². The third-order valence-electron chi connectivity index (χ3n) is 3.08. The zero-order valence-corrected chi connectivity index (χ0v) is 13.9. The van der Waals surface area contributed by atoms with E-state index < -0.39 is 30.0 Å². The Kier molecular flexibility index (Phi) is 6.83. The van der Waals surface area contributed by atoms with Gasteiger partial charge in [0.05, 0.1) is 11.1 Å². The Bertz CT molecular complexity index is 867. The van der Waals surface area contributed by atoms with E-state index in [0.29, 0.717) is 5.56 Å². The minimum absolute atomic E-state index is 0.0333. The van der Waals surface area contributed by atoms with Crippen molar-refractivity contribution in [1.82, 2.24) is 5.43 Å². The second-order valence-corrected chi connectivity index (χ2v) is 5.03. The van der Waals surface area contributed by atoms with Crippen LogP contribution in [0.2, 0.25) is 0 Å². The highest BCUT2D eigenvalue weighted by molar-refractivity contribution is 5.85. The van der Waals surface area contributed by atoms with Crippen molar-refractivity contribution in [1.29, 1.82) is 0 Å². The predicted octanol–water partition coefficient (Wildman–Crippen LogP) is 1.59. The highest BCUT2D eigenvalue weighted by Gasteiger charge is 2.14. The van der Waals surface area contributed by atoms with E-state index in [1.807, 2.05) is 0 Å². The van der Waals surface area contributed by atoms with Gasteiger partial charge in [-0.1, -0.05) is 24.3 Å². The summed E-state index contributed by atoms with van der Waals surface area (Å²) in [5, 5.41) is 23.3. The number of para-hydroxylation sites is 3. The Hall–Kier alpha value is -3.95.